The van der Waals surface area contributed by atoms with Crippen LogP contribution in [0, 0.1) is 6.92 Å². The van der Waals surface area contributed by atoms with Crippen LogP contribution in [-0.4, -0.2) is 18.0 Å². The summed E-state index contributed by atoms with van der Waals surface area (Å²) < 4.78 is 5.30. The van der Waals surface area contributed by atoms with Crippen molar-refractivity contribution in [2.45, 2.75) is 6.92 Å². The molecule has 0 atom stereocenters. The number of nitrogens with one attached hydrogen (secondary N) is 2. The van der Waals surface area contributed by atoms with E-state index in [4.69, 9.17) is 16.3 Å². The van der Waals surface area contributed by atoms with E-state index in [1.165, 1.54) is 6.20 Å². The van der Waals surface area contributed by atoms with Gasteiger partial charge in [0.1, 0.15) is 11.6 Å². The van der Waals surface area contributed by atoms with Crippen molar-refractivity contribution in [3.8, 4) is 5.75 Å². The van der Waals surface area contributed by atoms with Gasteiger partial charge in [0, 0.05) is 16.9 Å². The van der Waals surface area contributed by atoms with Crippen LogP contribution in [0.15, 0.2) is 60.8 Å². The van der Waals surface area contributed by atoms with Crippen molar-refractivity contribution < 1.29 is 9.53 Å². The van der Waals surface area contributed by atoms with E-state index in [1.807, 2.05) is 31.2 Å². The molecular formula is C20H18ClN3O2. The molecule has 0 spiro atoms. The maximum atomic E-state index is 12.3. The first-order chi connectivity index (χ1) is 12.5. The van der Waals surface area contributed by atoms with E-state index < -0.39 is 0 Å². The monoisotopic (exact) mass is 367 g/mol. The first-order valence-corrected chi connectivity index (χ1v) is 8.37. The zero-order chi connectivity index (χ0) is 18.5. The summed E-state index contributed by atoms with van der Waals surface area (Å²) in [6.45, 7) is 2.00. The molecule has 3 aromatic rings. The molecule has 1 amide bonds. The number of carbonyl (C=O) groups is 1. The third-order valence-corrected chi connectivity index (χ3v) is 3.99. The van der Waals surface area contributed by atoms with Gasteiger partial charge in [0.15, 0.2) is 0 Å². The van der Waals surface area contributed by atoms with Gasteiger partial charge in [-0.25, -0.2) is 4.98 Å². The molecule has 0 aliphatic heterocycles. The van der Waals surface area contributed by atoms with Crippen LogP contribution < -0.4 is 15.4 Å². The van der Waals surface area contributed by atoms with Crippen molar-refractivity contribution in [1.29, 1.82) is 0 Å². The maximum absolute atomic E-state index is 12.3. The number of hydrogen-bond acceptors (Lipinski definition) is 4. The van der Waals surface area contributed by atoms with E-state index >= 15 is 0 Å². The molecule has 0 radical (unpaired) electrons. The standard InChI is InChI=1S/C20H18ClN3O2/c1-13-3-7-16(8-4-13)23-20(25)14-5-10-19(22-12-14)24-17-11-15(21)6-9-18(17)26-2/h3-12H,1-2H3,(H,22,24)(H,23,25). The average molecular weight is 368 g/mol. The van der Waals surface area contributed by atoms with Gasteiger partial charge in [0.25, 0.3) is 5.91 Å². The second-order valence-electron chi connectivity index (χ2n) is 5.72. The zero-order valence-electron chi connectivity index (χ0n) is 14.4. The molecule has 1 aromatic heterocycles. The van der Waals surface area contributed by atoms with Crippen LogP contribution in [0.5, 0.6) is 5.75 Å². The van der Waals surface area contributed by atoms with E-state index in [0.29, 0.717) is 27.8 Å². The minimum atomic E-state index is -0.215. The van der Waals surface area contributed by atoms with E-state index in [9.17, 15) is 4.79 Å². The first kappa shape index (κ1) is 17.8. The lowest BCUT2D eigenvalue weighted by Crippen LogP contribution is -2.12. The Hall–Kier alpha value is -3.05. The Labute approximate surface area is 157 Å². The Bertz CT molecular complexity index is 909. The quantitative estimate of drug-likeness (QED) is 0.662. The summed E-state index contributed by atoms with van der Waals surface area (Å²) in [5.74, 6) is 1.02. The molecule has 2 N–H and O–H groups in total. The number of ether oxygens (including phenoxy) is 1. The normalized spacial score (nSPS) is 10.3. The fraction of sp³-hybridized carbons (Fsp3) is 0.100. The number of hydrogen-bond donors (Lipinski definition) is 2. The molecule has 0 saturated heterocycles. The lowest BCUT2D eigenvalue weighted by Gasteiger charge is -2.11. The van der Waals surface area contributed by atoms with Crippen molar-refractivity contribution in [3.05, 3.63) is 76.9 Å². The Balaban J connectivity index is 1.71. The molecule has 0 fully saturated rings. The fourth-order valence-corrected chi connectivity index (χ4v) is 2.53. The molecule has 26 heavy (non-hydrogen) atoms. The minimum Gasteiger partial charge on any atom is -0.495 e. The summed E-state index contributed by atoms with van der Waals surface area (Å²) >= 11 is 6.02. The largest absolute Gasteiger partial charge is 0.495 e. The van der Waals surface area contributed by atoms with Crippen molar-refractivity contribution in [2.75, 3.05) is 17.7 Å². The summed E-state index contributed by atoms with van der Waals surface area (Å²) in [7, 11) is 1.58. The van der Waals surface area contributed by atoms with Gasteiger partial charge < -0.3 is 15.4 Å². The van der Waals surface area contributed by atoms with Gasteiger partial charge in [0.2, 0.25) is 0 Å². The Morgan fingerprint density at radius 2 is 1.85 bits per heavy atom. The number of aryl methyl sites for hydroxylation is 1. The van der Waals surface area contributed by atoms with Gasteiger partial charge in [-0.05, 0) is 49.4 Å². The summed E-state index contributed by atoms with van der Waals surface area (Å²) in [6, 6.07) is 16.3. The Morgan fingerprint density at radius 3 is 2.50 bits per heavy atom. The highest BCUT2D eigenvalue weighted by atomic mass is 35.5. The predicted octanol–water partition coefficient (Wildman–Crippen LogP) is 5.05. The van der Waals surface area contributed by atoms with E-state index in [-0.39, 0.29) is 5.91 Å². The number of halogens is 1. The second-order valence-corrected chi connectivity index (χ2v) is 6.16. The van der Waals surface area contributed by atoms with Crippen LogP contribution in [0.25, 0.3) is 0 Å². The summed E-state index contributed by atoms with van der Waals surface area (Å²) in [4.78, 5) is 16.6. The topological polar surface area (TPSA) is 63.2 Å². The average Bonchev–Trinajstić information content (AvgIpc) is 2.64. The number of benzene rings is 2. The summed E-state index contributed by atoms with van der Waals surface area (Å²) in [5, 5.41) is 6.56. The van der Waals surface area contributed by atoms with Crippen molar-refractivity contribution >= 4 is 34.7 Å². The van der Waals surface area contributed by atoms with E-state index in [0.717, 1.165) is 11.3 Å². The Kier molecular flexibility index (Phi) is 5.39. The van der Waals surface area contributed by atoms with Gasteiger partial charge in [-0.15, -0.1) is 0 Å². The second kappa shape index (κ2) is 7.89. The van der Waals surface area contributed by atoms with Crippen LogP contribution in [0.1, 0.15) is 15.9 Å². The number of rotatable bonds is 5. The molecule has 6 heteroatoms. The van der Waals surface area contributed by atoms with Crippen LogP contribution in [0.4, 0.5) is 17.2 Å². The number of nitrogens with zero attached hydrogens (tertiary/aromatic N) is 1. The number of aromatic nitrogens is 1. The molecule has 3 rings (SSSR count). The van der Waals surface area contributed by atoms with Crippen molar-refractivity contribution in [1.82, 2.24) is 4.98 Å². The van der Waals surface area contributed by atoms with Gasteiger partial charge in [-0.1, -0.05) is 29.3 Å². The van der Waals surface area contributed by atoms with Crippen LogP contribution in [-0.2, 0) is 0 Å². The molecule has 5 nitrogen and oxygen atoms in total. The number of methoxy groups -OCH3 is 1. The summed E-state index contributed by atoms with van der Waals surface area (Å²) in [6.07, 6.45) is 1.52. The van der Waals surface area contributed by atoms with Crippen LogP contribution in [0.2, 0.25) is 5.02 Å². The third-order valence-electron chi connectivity index (χ3n) is 3.76. The summed E-state index contributed by atoms with van der Waals surface area (Å²) in [5.41, 5.74) is 3.04. The number of anilines is 3. The molecule has 132 valence electrons. The number of carbonyl (C=O) groups excluding carboxylic acids is 1. The molecule has 0 aliphatic rings. The van der Waals surface area contributed by atoms with Gasteiger partial charge in [-0.2, -0.15) is 0 Å². The lowest BCUT2D eigenvalue weighted by atomic mass is 10.2. The predicted molar refractivity (Wildman–Crippen MR) is 105 cm³/mol. The van der Waals surface area contributed by atoms with Crippen molar-refractivity contribution in [2.24, 2.45) is 0 Å². The fourth-order valence-electron chi connectivity index (χ4n) is 2.36. The van der Waals surface area contributed by atoms with E-state index in [2.05, 4.69) is 15.6 Å². The van der Waals surface area contributed by atoms with Crippen molar-refractivity contribution in [3.63, 3.8) is 0 Å². The molecular weight excluding hydrogens is 350 g/mol. The molecule has 0 saturated carbocycles. The first-order valence-electron chi connectivity index (χ1n) is 8.00. The lowest BCUT2D eigenvalue weighted by molar-refractivity contribution is 0.102. The van der Waals surface area contributed by atoms with E-state index in [1.54, 1.807) is 37.4 Å². The molecule has 1 heterocycles. The zero-order valence-corrected chi connectivity index (χ0v) is 15.2. The van der Waals surface area contributed by atoms with Crippen LogP contribution in [0.3, 0.4) is 0 Å². The number of pyridine rings is 1. The molecule has 2 aromatic carbocycles. The highest BCUT2D eigenvalue weighted by Crippen LogP contribution is 2.29. The highest BCUT2D eigenvalue weighted by Gasteiger charge is 2.09. The maximum Gasteiger partial charge on any atom is 0.257 e. The smallest absolute Gasteiger partial charge is 0.257 e. The SMILES string of the molecule is COc1ccc(Cl)cc1Nc1ccc(C(=O)Nc2ccc(C)cc2)cn1. The Morgan fingerprint density at radius 1 is 1.08 bits per heavy atom. The molecule has 0 unspecified atom stereocenters. The molecule has 0 aliphatic carbocycles. The van der Waals surface area contributed by atoms with Gasteiger partial charge >= 0.3 is 0 Å². The highest BCUT2D eigenvalue weighted by molar-refractivity contribution is 6.31. The minimum absolute atomic E-state index is 0.215. The van der Waals surface area contributed by atoms with Gasteiger partial charge in [0.05, 0.1) is 18.4 Å². The molecule has 0 bridgehead atoms. The van der Waals surface area contributed by atoms with Crippen LogP contribution >= 0.6 is 11.6 Å². The number of amides is 1. The van der Waals surface area contributed by atoms with Gasteiger partial charge in [-0.3, -0.25) is 4.79 Å². The third kappa shape index (κ3) is 4.32.